The fraction of sp³-hybridized carbons (Fsp3) is 0.667. The zero-order valence-electron chi connectivity index (χ0n) is 7.66. The number of nitrogens with one attached hydrogen (secondary N) is 1. The Balaban J connectivity index is 2.28. The number of hydrogen-bond donors (Lipinski definition) is 2. The van der Waals surface area contributed by atoms with Crippen molar-refractivity contribution in [2.24, 2.45) is 11.7 Å². The summed E-state index contributed by atoms with van der Waals surface area (Å²) < 4.78 is 5.32. The quantitative estimate of drug-likeness (QED) is 0.618. The lowest BCUT2D eigenvalue weighted by molar-refractivity contribution is 0.125. The fourth-order valence-electron chi connectivity index (χ4n) is 1.27. The normalized spacial score (nSPS) is 23.2. The number of hydrogen-bond acceptors (Lipinski definition) is 2. The molecule has 0 bridgehead atoms. The van der Waals surface area contributed by atoms with Crippen LogP contribution < -0.4 is 11.1 Å². The van der Waals surface area contributed by atoms with Crippen LogP contribution in [0.2, 0.25) is 0 Å². The van der Waals surface area contributed by atoms with Gasteiger partial charge in [0.2, 0.25) is 0 Å². The molecule has 0 fully saturated rings. The Morgan fingerprint density at radius 2 is 2.46 bits per heavy atom. The Bertz CT molecular complexity index is 192. The highest BCUT2D eigenvalue weighted by molar-refractivity contribution is 5.71. The number of rotatable bonds is 2. The molecule has 1 aliphatic heterocycles. The summed E-state index contributed by atoms with van der Waals surface area (Å²) in [6.07, 6.45) is 6.11. The van der Waals surface area contributed by atoms with Crippen molar-refractivity contribution < 1.29 is 9.53 Å². The summed E-state index contributed by atoms with van der Waals surface area (Å²) in [6.45, 7) is 2.16. The van der Waals surface area contributed by atoms with Gasteiger partial charge in [0.15, 0.2) is 0 Å². The van der Waals surface area contributed by atoms with Crippen molar-refractivity contribution in [1.29, 1.82) is 0 Å². The van der Waals surface area contributed by atoms with Gasteiger partial charge in [-0.05, 0) is 18.8 Å². The second kappa shape index (κ2) is 5.59. The van der Waals surface area contributed by atoms with E-state index in [9.17, 15) is 4.79 Å². The third-order valence-electron chi connectivity index (χ3n) is 2.01. The van der Waals surface area contributed by atoms with Crippen molar-refractivity contribution in [2.75, 3.05) is 19.8 Å². The van der Waals surface area contributed by atoms with E-state index in [4.69, 9.17) is 10.5 Å². The van der Waals surface area contributed by atoms with Gasteiger partial charge in [-0.3, -0.25) is 0 Å². The summed E-state index contributed by atoms with van der Waals surface area (Å²) >= 11 is 0. The highest BCUT2D eigenvalue weighted by Crippen LogP contribution is 2.08. The minimum Gasteiger partial charge on any atom is -0.381 e. The van der Waals surface area contributed by atoms with E-state index in [1.807, 2.05) is 0 Å². The number of amides is 2. The number of primary amides is 1. The third-order valence-corrected chi connectivity index (χ3v) is 2.01. The Labute approximate surface area is 78.1 Å². The molecule has 13 heavy (non-hydrogen) atoms. The summed E-state index contributed by atoms with van der Waals surface area (Å²) in [5.41, 5.74) is 4.97. The van der Waals surface area contributed by atoms with Crippen molar-refractivity contribution >= 4 is 6.03 Å². The van der Waals surface area contributed by atoms with Crippen LogP contribution >= 0.6 is 0 Å². The van der Waals surface area contributed by atoms with Crippen LogP contribution in [0.15, 0.2) is 12.2 Å². The summed E-state index contributed by atoms with van der Waals surface area (Å²) in [4.78, 5) is 10.5. The maximum atomic E-state index is 10.5. The van der Waals surface area contributed by atoms with Gasteiger partial charge in [-0.2, -0.15) is 0 Å². The van der Waals surface area contributed by atoms with Crippen LogP contribution in [0.4, 0.5) is 4.79 Å². The lowest BCUT2D eigenvalue weighted by Gasteiger charge is -2.15. The Hall–Kier alpha value is -1.03. The molecule has 4 nitrogen and oxygen atoms in total. The minimum atomic E-state index is -0.462. The first-order valence-corrected chi connectivity index (χ1v) is 4.57. The minimum absolute atomic E-state index is 0.354. The van der Waals surface area contributed by atoms with Crippen LogP contribution in [-0.4, -0.2) is 25.8 Å². The van der Waals surface area contributed by atoms with E-state index in [1.165, 1.54) is 0 Å². The zero-order chi connectivity index (χ0) is 9.52. The van der Waals surface area contributed by atoms with Crippen molar-refractivity contribution in [1.82, 2.24) is 5.32 Å². The molecule has 4 heteroatoms. The van der Waals surface area contributed by atoms with Gasteiger partial charge in [-0.25, -0.2) is 4.79 Å². The van der Waals surface area contributed by atoms with E-state index in [0.717, 1.165) is 26.1 Å². The van der Waals surface area contributed by atoms with Crippen molar-refractivity contribution in [3.8, 4) is 0 Å². The summed E-state index contributed by atoms with van der Waals surface area (Å²) in [7, 11) is 0. The van der Waals surface area contributed by atoms with Gasteiger partial charge in [-0.15, -0.1) is 0 Å². The molecule has 0 aliphatic carbocycles. The van der Waals surface area contributed by atoms with Gasteiger partial charge in [0.25, 0.3) is 0 Å². The number of carbonyl (C=O) groups excluding carboxylic acids is 1. The van der Waals surface area contributed by atoms with Gasteiger partial charge in [-0.1, -0.05) is 12.2 Å². The van der Waals surface area contributed by atoms with E-state index < -0.39 is 6.03 Å². The number of nitrogens with two attached hydrogens (primary N) is 1. The second-order valence-corrected chi connectivity index (χ2v) is 3.12. The molecule has 1 heterocycles. The van der Waals surface area contributed by atoms with Gasteiger partial charge in [0.1, 0.15) is 0 Å². The Morgan fingerprint density at radius 3 is 3.23 bits per heavy atom. The molecule has 3 N–H and O–H groups in total. The first kappa shape index (κ1) is 10.1. The summed E-state index contributed by atoms with van der Waals surface area (Å²) in [5, 5.41) is 2.60. The molecule has 0 saturated heterocycles. The first-order valence-electron chi connectivity index (χ1n) is 4.57. The van der Waals surface area contributed by atoms with E-state index >= 15 is 0 Å². The molecule has 0 aromatic heterocycles. The van der Waals surface area contributed by atoms with E-state index in [0.29, 0.717) is 12.5 Å². The summed E-state index contributed by atoms with van der Waals surface area (Å²) in [5.74, 6) is 0.354. The molecule has 0 saturated carbocycles. The molecule has 1 unspecified atom stereocenters. The van der Waals surface area contributed by atoms with E-state index in [1.54, 1.807) is 0 Å². The largest absolute Gasteiger partial charge is 0.381 e. The monoisotopic (exact) mass is 184 g/mol. The number of ether oxygens (including phenoxy) is 1. The molecule has 0 spiro atoms. The molecule has 1 atom stereocenters. The highest BCUT2D eigenvalue weighted by atomic mass is 16.5. The third kappa shape index (κ3) is 4.52. The lowest BCUT2D eigenvalue weighted by Crippen LogP contribution is -2.33. The number of urea groups is 1. The van der Waals surface area contributed by atoms with Crippen LogP contribution in [0, 0.1) is 5.92 Å². The van der Waals surface area contributed by atoms with Gasteiger partial charge < -0.3 is 15.8 Å². The first-order chi connectivity index (χ1) is 6.29. The zero-order valence-corrected chi connectivity index (χ0v) is 7.66. The van der Waals surface area contributed by atoms with E-state index in [-0.39, 0.29) is 0 Å². The topological polar surface area (TPSA) is 64.4 Å². The van der Waals surface area contributed by atoms with Gasteiger partial charge in [0, 0.05) is 13.2 Å². The van der Waals surface area contributed by atoms with Crippen molar-refractivity contribution in [3.63, 3.8) is 0 Å². The smallest absolute Gasteiger partial charge is 0.312 e. The molecule has 0 aromatic rings. The lowest BCUT2D eigenvalue weighted by atomic mass is 10.0. The Morgan fingerprint density at radius 1 is 1.62 bits per heavy atom. The molecule has 1 aliphatic rings. The van der Waals surface area contributed by atoms with E-state index in [2.05, 4.69) is 17.5 Å². The van der Waals surface area contributed by atoms with Crippen molar-refractivity contribution in [2.45, 2.75) is 12.8 Å². The average molecular weight is 184 g/mol. The molecule has 74 valence electrons. The number of carbonyl (C=O) groups is 1. The highest BCUT2D eigenvalue weighted by Gasteiger charge is 2.07. The second-order valence-electron chi connectivity index (χ2n) is 3.12. The van der Waals surface area contributed by atoms with Crippen LogP contribution in [0.25, 0.3) is 0 Å². The SMILES string of the molecule is NC(=O)NCC1C=CCCOCC1. The van der Waals surface area contributed by atoms with Crippen molar-refractivity contribution in [3.05, 3.63) is 12.2 Å². The molecule has 0 aromatic carbocycles. The average Bonchev–Trinajstić information content (AvgIpc) is 2.01. The van der Waals surface area contributed by atoms with Crippen LogP contribution in [0.3, 0.4) is 0 Å². The van der Waals surface area contributed by atoms with Crippen LogP contribution in [0.1, 0.15) is 12.8 Å². The predicted octanol–water partition coefficient (Wildman–Crippen LogP) is 0.637. The molecule has 1 rings (SSSR count). The predicted molar refractivity (Wildman–Crippen MR) is 50.3 cm³/mol. The standard InChI is InChI=1S/C9H16N2O2/c10-9(12)11-7-8-3-1-2-5-13-6-4-8/h1,3,8H,2,4-7H2,(H3,10,11,12). The van der Waals surface area contributed by atoms with Crippen LogP contribution in [-0.2, 0) is 4.74 Å². The molecule has 0 radical (unpaired) electrons. The molecular formula is C9H16N2O2. The molecule has 2 amide bonds. The van der Waals surface area contributed by atoms with Gasteiger partial charge in [0.05, 0.1) is 6.61 Å². The fourth-order valence-corrected chi connectivity index (χ4v) is 1.27. The van der Waals surface area contributed by atoms with Gasteiger partial charge >= 0.3 is 6.03 Å². The Kier molecular flexibility index (Phi) is 4.32. The summed E-state index contributed by atoms with van der Waals surface area (Å²) in [6, 6.07) is -0.462. The maximum Gasteiger partial charge on any atom is 0.312 e. The maximum absolute atomic E-state index is 10.5. The van der Waals surface area contributed by atoms with Crippen LogP contribution in [0.5, 0.6) is 0 Å². The molecular weight excluding hydrogens is 168 g/mol.